The molecule has 0 spiro atoms. The molecule has 21 heavy (non-hydrogen) atoms. The molecule has 1 N–H and O–H groups in total. The minimum Gasteiger partial charge on any atom is -0.479 e. The van der Waals surface area contributed by atoms with E-state index in [1.165, 1.54) is 18.2 Å². The molecule has 0 aromatic heterocycles. The minimum absolute atomic E-state index is 0.0690. The second-order valence-corrected chi connectivity index (χ2v) is 5.06. The van der Waals surface area contributed by atoms with Crippen LogP contribution in [0, 0.1) is 0 Å². The molecule has 2 rings (SSSR count). The van der Waals surface area contributed by atoms with Crippen molar-refractivity contribution >= 4 is 23.5 Å². The molecule has 1 aromatic rings. The van der Waals surface area contributed by atoms with E-state index < -0.39 is 12.1 Å². The number of morpholine rings is 1. The van der Waals surface area contributed by atoms with E-state index in [4.69, 9.17) is 26.2 Å². The van der Waals surface area contributed by atoms with Gasteiger partial charge in [-0.1, -0.05) is 11.6 Å². The van der Waals surface area contributed by atoms with E-state index in [9.17, 15) is 9.59 Å². The van der Waals surface area contributed by atoms with Crippen molar-refractivity contribution in [1.82, 2.24) is 4.90 Å². The van der Waals surface area contributed by atoms with Crippen LogP contribution in [-0.4, -0.2) is 54.3 Å². The standard InChI is InChI=1S/C14H16ClNO5/c1-9(13(17)16-4-6-20-7-5-16)21-12-3-2-10(14(18)19)8-11(12)15/h2-3,8-9H,4-7H2,1H3,(H,18,19). The summed E-state index contributed by atoms with van der Waals surface area (Å²) in [6.45, 7) is 3.76. The van der Waals surface area contributed by atoms with Crippen LogP contribution in [-0.2, 0) is 9.53 Å². The van der Waals surface area contributed by atoms with Crippen LogP contribution < -0.4 is 4.74 Å². The SMILES string of the molecule is CC(Oc1ccc(C(=O)O)cc1Cl)C(=O)N1CCOCC1. The summed E-state index contributed by atoms with van der Waals surface area (Å²) in [7, 11) is 0. The lowest BCUT2D eigenvalue weighted by atomic mass is 10.2. The second-order valence-electron chi connectivity index (χ2n) is 4.65. The summed E-state index contributed by atoms with van der Waals surface area (Å²) in [6.07, 6.45) is -0.698. The Balaban J connectivity index is 2.03. The molecular formula is C14H16ClNO5. The van der Waals surface area contributed by atoms with Gasteiger partial charge in [-0.2, -0.15) is 0 Å². The molecule has 1 aliphatic heterocycles. The molecule has 1 saturated heterocycles. The first-order valence-electron chi connectivity index (χ1n) is 6.55. The van der Waals surface area contributed by atoms with Crippen LogP contribution in [0.25, 0.3) is 0 Å². The third kappa shape index (κ3) is 3.86. The molecule has 7 heteroatoms. The Morgan fingerprint density at radius 2 is 2.05 bits per heavy atom. The lowest BCUT2D eigenvalue weighted by Crippen LogP contribution is -2.46. The summed E-state index contributed by atoms with van der Waals surface area (Å²) >= 11 is 5.97. The van der Waals surface area contributed by atoms with Crippen molar-refractivity contribution in [2.45, 2.75) is 13.0 Å². The van der Waals surface area contributed by atoms with Gasteiger partial charge in [0.2, 0.25) is 0 Å². The molecule has 1 fully saturated rings. The normalized spacial score (nSPS) is 16.4. The highest BCUT2D eigenvalue weighted by molar-refractivity contribution is 6.32. The predicted molar refractivity (Wildman–Crippen MR) is 75.9 cm³/mol. The van der Waals surface area contributed by atoms with Crippen LogP contribution in [0.2, 0.25) is 5.02 Å². The van der Waals surface area contributed by atoms with E-state index in [0.29, 0.717) is 26.3 Å². The van der Waals surface area contributed by atoms with Gasteiger partial charge >= 0.3 is 5.97 Å². The van der Waals surface area contributed by atoms with Gasteiger partial charge in [0.25, 0.3) is 5.91 Å². The number of aromatic carboxylic acids is 1. The number of carboxylic acid groups (broad SMARTS) is 1. The van der Waals surface area contributed by atoms with Crippen molar-refractivity contribution in [3.8, 4) is 5.75 Å². The van der Waals surface area contributed by atoms with E-state index >= 15 is 0 Å². The molecular weight excluding hydrogens is 298 g/mol. The van der Waals surface area contributed by atoms with Crippen LogP contribution in [0.3, 0.4) is 0 Å². The minimum atomic E-state index is -1.07. The summed E-state index contributed by atoms with van der Waals surface area (Å²) < 4.78 is 10.7. The number of rotatable bonds is 4. The van der Waals surface area contributed by atoms with Gasteiger partial charge in [0.05, 0.1) is 23.8 Å². The smallest absolute Gasteiger partial charge is 0.335 e. The molecule has 1 aliphatic rings. The van der Waals surface area contributed by atoms with E-state index in [2.05, 4.69) is 0 Å². The summed E-state index contributed by atoms with van der Waals surface area (Å²) in [6, 6.07) is 4.13. The maximum atomic E-state index is 12.2. The molecule has 0 bridgehead atoms. The van der Waals surface area contributed by atoms with Crippen molar-refractivity contribution in [2.75, 3.05) is 26.3 Å². The molecule has 1 aromatic carbocycles. The summed E-state index contributed by atoms with van der Waals surface area (Å²) in [4.78, 5) is 24.7. The van der Waals surface area contributed by atoms with Crippen LogP contribution in [0.1, 0.15) is 17.3 Å². The molecule has 1 amide bonds. The summed E-state index contributed by atoms with van der Waals surface area (Å²) in [5.74, 6) is -0.923. The van der Waals surface area contributed by atoms with Crippen molar-refractivity contribution in [1.29, 1.82) is 0 Å². The average Bonchev–Trinajstić information content (AvgIpc) is 2.49. The first-order chi connectivity index (χ1) is 9.99. The zero-order valence-electron chi connectivity index (χ0n) is 11.5. The Hall–Kier alpha value is -1.79. The maximum Gasteiger partial charge on any atom is 0.335 e. The van der Waals surface area contributed by atoms with Gasteiger partial charge in [0.1, 0.15) is 5.75 Å². The van der Waals surface area contributed by atoms with Gasteiger partial charge in [-0.05, 0) is 25.1 Å². The Morgan fingerprint density at radius 1 is 1.38 bits per heavy atom. The number of carbonyl (C=O) groups is 2. The zero-order valence-corrected chi connectivity index (χ0v) is 12.3. The van der Waals surface area contributed by atoms with E-state index in [1.54, 1.807) is 11.8 Å². The fraction of sp³-hybridized carbons (Fsp3) is 0.429. The van der Waals surface area contributed by atoms with Crippen LogP contribution in [0.4, 0.5) is 0 Å². The quantitative estimate of drug-likeness (QED) is 0.915. The molecule has 1 unspecified atom stereocenters. The first-order valence-corrected chi connectivity index (χ1v) is 6.93. The van der Waals surface area contributed by atoms with Gasteiger partial charge in [-0.15, -0.1) is 0 Å². The molecule has 0 radical (unpaired) electrons. The van der Waals surface area contributed by atoms with Crippen molar-refractivity contribution in [3.63, 3.8) is 0 Å². The number of benzene rings is 1. The molecule has 6 nitrogen and oxygen atoms in total. The highest BCUT2D eigenvalue weighted by Crippen LogP contribution is 2.26. The third-order valence-corrected chi connectivity index (χ3v) is 3.45. The van der Waals surface area contributed by atoms with Crippen LogP contribution in [0.5, 0.6) is 5.75 Å². The first kappa shape index (κ1) is 15.6. The highest BCUT2D eigenvalue weighted by Gasteiger charge is 2.24. The lowest BCUT2D eigenvalue weighted by Gasteiger charge is -2.29. The molecule has 1 atom stereocenters. The van der Waals surface area contributed by atoms with E-state index in [0.717, 1.165) is 0 Å². The van der Waals surface area contributed by atoms with E-state index in [1.807, 2.05) is 0 Å². The number of amides is 1. The number of ether oxygens (including phenoxy) is 2. The van der Waals surface area contributed by atoms with Gasteiger partial charge in [0, 0.05) is 13.1 Å². The number of halogens is 1. The topological polar surface area (TPSA) is 76.1 Å². The van der Waals surface area contributed by atoms with Crippen LogP contribution >= 0.6 is 11.6 Å². The number of carbonyl (C=O) groups excluding carboxylic acids is 1. The Bertz CT molecular complexity index is 542. The molecule has 0 aliphatic carbocycles. The van der Waals surface area contributed by atoms with Gasteiger partial charge in [0.15, 0.2) is 6.10 Å². The largest absolute Gasteiger partial charge is 0.479 e. The highest BCUT2D eigenvalue weighted by atomic mass is 35.5. The summed E-state index contributed by atoms with van der Waals surface area (Å²) in [5, 5.41) is 9.03. The van der Waals surface area contributed by atoms with E-state index in [-0.39, 0.29) is 22.2 Å². The maximum absolute atomic E-state index is 12.2. The van der Waals surface area contributed by atoms with Gasteiger partial charge in [-0.3, -0.25) is 4.79 Å². The Kier molecular flexibility index (Phi) is 5.03. The number of hydrogen-bond acceptors (Lipinski definition) is 4. The molecule has 114 valence electrons. The fourth-order valence-corrected chi connectivity index (χ4v) is 2.24. The van der Waals surface area contributed by atoms with Crippen molar-refractivity contribution in [3.05, 3.63) is 28.8 Å². The number of carboxylic acids is 1. The molecule has 0 saturated carbocycles. The van der Waals surface area contributed by atoms with Crippen LogP contribution in [0.15, 0.2) is 18.2 Å². The number of nitrogens with zero attached hydrogens (tertiary/aromatic N) is 1. The van der Waals surface area contributed by atoms with Crippen molar-refractivity contribution < 1.29 is 24.2 Å². The fourth-order valence-electron chi connectivity index (χ4n) is 2.01. The zero-order chi connectivity index (χ0) is 15.4. The predicted octanol–water partition coefficient (Wildman–Crippen LogP) is 1.66. The second kappa shape index (κ2) is 6.78. The molecule has 1 heterocycles. The van der Waals surface area contributed by atoms with Gasteiger partial charge < -0.3 is 19.5 Å². The lowest BCUT2D eigenvalue weighted by molar-refractivity contribution is -0.142. The monoisotopic (exact) mass is 313 g/mol. The average molecular weight is 314 g/mol. The van der Waals surface area contributed by atoms with Crippen molar-refractivity contribution in [2.24, 2.45) is 0 Å². The van der Waals surface area contributed by atoms with Gasteiger partial charge in [-0.25, -0.2) is 4.79 Å². The Morgan fingerprint density at radius 3 is 2.62 bits per heavy atom. The number of hydrogen-bond donors (Lipinski definition) is 1. The third-order valence-electron chi connectivity index (χ3n) is 3.15. The summed E-state index contributed by atoms with van der Waals surface area (Å²) in [5.41, 5.74) is 0.0690. The Labute approximate surface area is 127 Å².